The van der Waals surface area contributed by atoms with Gasteiger partial charge in [-0.1, -0.05) is 0 Å². The topological polar surface area (TPSA) is 135 Å². The van der Waals surface area contributed by atoms with Gasteiger partial charge < -0.3 is 25.8 Å². The van der Waals surface area contributed by atoms with Gasteiger partial charge in [0.2, 0.25) is 6.41 Å². The highest BCUT2D eigenvalue weighted by Gasteiger charge is 2.35. The van der Waals surface area contributed by atoms with E-state index >= 15 is 0 Å². The van der Waals surface area contributed by atoms with Crippen molar-refractivity contribution in [3.05, 3.63) is 41.1 Å². The van der Waals surface area contributed by atoms with Gasteiger partial charge in [0.1, 0.15) is 11.3 Å². The van der Waals surface area contributed by atoms with Crippen LogP contribution in [0.25, 0.3) is 16.9 Å². The number of alkyl halides is 3. The highest BCUT2D eigenvalue weighted by Crippen LogP contribution is 2.38. The number of aliphatic hydroxyl groups excluding tert-OH is 1. The first-order chi connectivity index (χ1) is 19.0. The van der Waals surface area contributed by atoms with Crippen molar-refractivity contribution in [2.75, 3.05) is 12.3 Å². The summed E-state index contributed by atoms with van der Waals surface area (Å²) in [6.45, 7) is 3.31. The molecule has 3 aromatic rings. The monoisotopic (exact) mass is 560 g/mol. The van der Waals surface area contributed by atoms with Crippen LogP contribution in [0.1, 0.15) is 54.1 Å². The number of nitrogens with two attached hydrogens (primary N) is 1. The summed E-state index contributed by atoms with van der Waals surface area (Å²) in [6, 6.07) is 3.95. The number of rotatable bonds is 11. The Labute approximate surface area is 228 Å². The van der Waals surface area contributed by atoms with Crippen molar-refractivity contribution in [2.24, 2.45) is 11.8 Å². The lowest BCUT2D eigenvalue weighted by Gasteiger charge is -2.27. The van der Waals surface area contributed by atoms with Crippen molar-refractivity contribution in [1.82, 2.24) is 24.8 Å². The van der Waals surface area contributed by atoms with E-state index in [2.05, 4.69) is 20.1 Å². The number of fused-ring (bicyclic) bond motifs is 1. The first-order valence-electron chi connectivity index (χ1n) is 13.2. The lowest BCUT2D eigenvalue weighted by Crippen LogP contribution is -2.39. The van der Waals surface area contributed by atoms with Gasteiger partial charge in [-0.15, -0.1) is 18.3 Å². The Morgan fingerprint density at radius 1 is 1.30 bits per heavy atom. The quantitative estimate of drug-likeness (QED) is 0.306. The maximum Gasteiger partial charge on any atom is 0.573 e. The molecule has 2 aromatic heterocycles. The molecule has 2 amide bonds. The number of nitrogen functional groups attached to an aromatic ring is 1. The number of benzene rings is 1. The molecule has 10 nitrogen and oxygen atoms in total. The summed E-state index contributed by atoms with van der Waals surface area (Å²) in [7, 11) is 0. The molecule has 2 aliphatic rings. The number of hydrogen-bond donors (Lipinski definition) is 3. The molecule has 40 heavy (non-hydrogen) atoms. The van der Waals surface area contributed by atoms with Crippen LogP contribution < -0.4 is 15.8 Å². The Kier molecular flexibility index (Phi) is 7.34. The van der Waals surface area contributed by atoms with Gasteiger partial charge in [-0.3, -0.25) is 9.59 Å². The number of aliphatic hydroxyl groups is 1. The summed E-state index contributed by atoms with van der Waals surface area (Å²) < 4.78 is 45.6. The van der Waals surface area contributed by atoms with Crippen molar-refractivity contribution in [1.29, 1.82) is 0 Å². The summed E-state index contributed by atoms with van der Waals surface area (Å²) in [5.41, 5.74) is 7.42. The van der Waals surface area contributed by atoms with Gasteiger partial charge in [0, 0.05) is 24.3 Å². The third-order valence-electron chi connectivity index (χ3n) is 7.75. The van der Waals surface area contributed by atoms with Crippen molar-refractivity contribution in [2.45, 2.75) is 64.5 Å². The first-order valence-corrected chi connectivity index (χ1v) is 13.2. The summed E-state index contributed by atoms with van der Waals surface area (Å²) in [4.78, 5) is 31.1. The number of amides is 2. The molecular formula is C27H31F3N6O4. The second-order valence-corrected chi connectivity index (χ2v) is 10.6. The third-order valence-corrected chi connectivity index (χ3v) is 7.75. The number of carbonyl (C=O) groups is 2. The fourth-order valence-corrected chi connectivity index (χ4v) is 4.99. The van der Waals surface area contributed by atoms with Gasteiger partial charge >= 0.3 is 6.36 Å². The molecule has 0 radical (unpaired) electrons. The molecule has 5 rings (SSSR count). The van der Waals surface area contributed by atoms with Crippen LogP contribution >= 0.6 is 0 Å². The van der Waals surface area contributed by atoms with E-state index in [1.54, 1.807) is 11.0 Å². The van der Waals surface area contributed by atoms with E-state index in [-0.39, 0.29) is 53.4 Å². The molecule has 2 saturated carbocycles. The fraction of sp³-hybridized carbons (Fsp3) is 0.481. The molecule has 214 valence electrons. The van der Waals surface area contributed by atoms with Crippen LogP contribution in [0.4, 0.5) is 19.0 Å². The summed E-state index contributed by atoms with van der Waals surface area (Å²) in [5, 5.41) is 16.6. The first kappa shape index (κ1) is 27.7. The predicted molar refractivity (Wildman–Crippen MR) is 139 cm³/mol. The summed E-state index contributed by atoms with van der Waals surface area (Å²) >= 11 is 0. The second-order valence-electron chi connectivity index (χ2n) is 10.6. The van der Waals surface area contributed by atoms with Crippen LogP contribution in [0, 0.1) is 18.8 Å². The Hall–Kier alpha value is -3.87. The highest BCUT2D eigenvalue weighted by molar-refractivity contribution is 6.04. The van der Waals surface area contributed by atoms with Gasteiger partial charge in [0.15, 0.2) is 11.5 Å². The standard InChI is InChI=1S/C27H31F3N6O4/c1-14-19(11-35(13-38)15(2)16-3-4-16)9-18(10-22(14)40-27(28,29)30)20-7-8-36-25(32-20)23(24(31)34-36)26(39)33-21(12-37)17-5-6-17/h7-10,13,15-17,21,37H,3-6,11-12H2,1-2H3,(H2,31,34)(H,33,39). The van der Waals surface area contributed by atoms with Gasteiger partial charge in [-0.05, 0) is 80.7 Å². The number of hydrogen-bond acceptors (Lipinski definition) is 7. The fourth-order valence-electron chi connectivity index (χ4n) is 4.99. The average Bonchev–Trinajstić information content (AvgIpc) is 3.82. The maximum atomic E-state index is 13.3. The molecule has 2 unspecified atom stereocenters. The molecule has 0 aliphatic heterocycles. The number of nitrogens with zero attached hydrogens (tertiary/aromatic N) is 4. The normalized spacial score (nSPS) is 16.9. The van der Waals surface area contributed by atoms with Crippen LogP contribution in [-0.4, -0.2) is 62.0 Å². The molecule has 2 fully saturated rings. The molecule has 13 heteroatoms. The van der Waals surface area contributed by atoms with Crippen LogP contribution in [0.5, 0.6) is 5.75 Å². The van der Waals surface area contributed by atoms with Gasteiger partial charge in [-0.25, -0.2) is 9.50 Å². The van der Waals surface area contributed by atoms with Crippen LogP contribution in [0.3, 0.4) is 0 Å². The van der Waals surface area contributed by atoms with Crippen molar-refractivity contribution in [3.8, 4) is 17.0 Å². The van der Waals surface area contributed by atoms with Gasteiger partial charge in [0.05, 0.1) is 18.3 Å². The Balaban J connectivity index is 1.54. The molecule has 2 aliphatic carbocycles. The van der Waals surface area contributed by atoms with E-state index in [0.29, 0.717) is 23.5 Å². The zero-order valence-corrected chi connectivity index (χ0v) is 22.1. The average molecular weight is 561 g/mol. The predicted octanol–water partition coefficient (Wildman–Crippen LogP) is 3.44. The summed E-state index contributed by atoms with van der Waals surface area (Å²) in [6.07, 6.45) is 1.09. The van der Waals surface area contributed by atoms with E-state index < -0.39 is 24.1 Å². The molecule has 0 bridgehead atoms. The van der Waals surface area contributed by atoms with Crippen LogP contribution in [0.2, 0.25) is 0 Å². The molecule has 0 saturated heterocycles. The molecule has 2 atom stereocenters. The molecule has 0 spiro atoms. The van der Waals surface area contributed by atoms with E-state index in [9.17, 15) is 27.9 Å². The lowest BCUT2D eigenvalue weighted by atomic mass is 10.0. The van der Waals surface area contributed by atoms with E-state index in [0.717, 1.165) is 25.7 Å². The Morgan fingerprint density at radius 2 is 2.00 bits per heavy atom. The van der Waals surface area contributed by atoms with Crippen molar-refractivity contribution in [3.63, 3.8) is 0 Å². The van der Waals surface area contributed by atoms with E-state index in [4.69, 9.17) is 5.73 Å². The minimum absolute atomic E-state index is 0.00504. The number of ether oxygens (including phenoxy) is 1. The van der Waals surface area contributed by atoms with E-state index in [1.165, 1.54) is 29.8 Å². The maximum absolute atomic E-state index is 13.3. The Bertz CT molecular complexity index is 1430. The van der Waals surface area contributed by atoms with Crippen molar-refractivity contribution >= 4 is 23.8 Å². The summed E-state index contributed by atoms with van der Waals surface area (Å²) in [5.74, 6) is -0.480. The number of nitrogens with one attached hydrogen (secondary N) is 1. The smallest absolute Gasteiger partial charge is 0.405 e. The number of aromatic nitrogens is 3. The van der Waals surface area contributed by atoms with Crippen LogP contribution in [0.15, 0.2) is 24.4 Å². The largest absolute Gasteiger partial charge is 0.573 e. The molecular weight excluding hydrogens is 529 g/mol. The van der Waals surface area contributed by atoms with E-state index in [1.807, 2.05) is 6.92 Å². The number of carbonyl (C=O) groups excluding carboxylic acids is 2. The zero-order valence-electron chi connectivity index (χ0n) is 22.1. The second kappa shape index (κ2) is 10.6. The lowest BCUT2D eigenvalue weighted by molar-refractivity contribution is -0.274. The number of anilines is 1. The van der Waals surface area contributed by atoms with Gasteiger partial charge in [-0.2, -0.15) is 0 Å². The van der Waals surface area contributed by atoms with Crippen LogP contribution in [-0.2, 0) is 11.3 Å². The Morgan fingerprint density at radius 3 is 2.60 bits per heavy atom. The molecule has 4 N–H and O–H groups in total. The molecule has 1 aromatic carbocycles. The minimum Gasteiger partial charge on any atom is -0.405 e. The highest BCUT2D eigenvalue weighted by atomic mass is 19.4. The number of halogens is 3. The zero-order chi connectivity index (χ0) is 28.8. The minimum atomic E-state index is -4.93. The molecule has 2 heterocycles. The van der Waals surface area contributed by atoms with Gasteiger partial charge in [0.25, 0.3) is 5.91 Å². The SMILES string of the molecule is Cc1c(CN(C=O)C(C)C2CC2)cc(-c2ccn3nc(N)c(C(=O)NC(CO)C4CC4)c3n2)cc1OC(F)(F)F. The van der Waals surface area contributed by atoms with Crippen molar-refractivity contribution < 1.29 is 32.6 Å². The third kappa shape index (κ3) is 5.83.